The zero-order valence-corrected chi connectivity index (χ0v) is 20.3. The van der Waals surface area contributed by atoms with Gasteiger partial charge in [-0.05, 0) is 17.7 Å². The second kappa shape index (κ2) is 12.9. The van der Waals surface area contributed by atoms with Crippen molar-refractivity contribution in [2.75, 3.05) is 30.2 Å². The summed E-state index contributed by atoms with van der Waals surface area (Å²) in [5.41, 5.74) is -0.894. The highest BCUT2D eigenvalue weighted by Crippen LogP contribution is 2.28. The molecule has 0 atom stereocenters. The van der Waals surface area contributed by atoms with Crippen molar-refractivity contribution in [3.63, 3.8) is 0 Å². The topological polar surface area (TPSA) is 98.7 Å². The van der Waals surface area contributed by atoms with Crippen molar-refractivity contribution in [3.8, 4) is 11.8 Å². The Hall–Kier alpha value is -4.35. The van der Waals surface area contributed by atoms with Crippen LogP contribution in [0, 0.1) is 0 Å². The molecule has 0 radical (unpaired) electrons. The van der Waals surface area contributed by atoms with Gasteiger partial charge in [0.15, 0.2) is 13.2 Å². The van der Waals surface area contributed by atoms with Gasteiger partial charge in [0.2, 0.25) is 17.7 Å². The van der Waals surface area contributed by atoms with Crippen LogP contribution in [0.4, 0.5) is 55.9 Å². The standard InChI is InChI=1S/C23H18F9N5O4/c24-21(25,26)11-40-17-8-18(41-12-22(27,28)29)36-19(35-17)37(13-39-10-14-4-2-1-3-5-14)20(38)34-15-6-7-16(33-9-15)23(30,31)32/h1-9H,10-13H2,(H,34,38). The van der Waals surface area contributed by atoms with Gasteiger partial charge in [-0.15, -0.1) is 0 Å². The number of carbonyl (C=O) groups is 1. The van der Waals surface area contributed by atoms with Crippen molar-refractivity contribution < 1.29 is 58.5 Å². The SMILES string of the molecule is O=C(Nc1ccc(C(F)(F)F)nc1)N(COCc1ccccc1)c1nc(OCC(F)(F)F)cc(OCC(F)(F)F)n1. The van der Waals surface area contributed by atoms with Crippen LogP contribution in [0.2, 0.25) is 0 Å². The zero-order chi connectivity index (χ0) is 30.3. The van der Waals surface area contributed by atoms with Crippen LogP contribution < -0.4 is 19.7 Å². The molecule has 0 aliphatic heterocycles. The number of hydrogen-bond donors (Lipinski definition) is 1. The number of urea groups is 1. The fraction of sp³-hybridized carbons (Fsp3) is 0.304. The first-order valence-corrected chi connectivity index (χ1v) is 11.1. The van der Waals surface area contributed by atoms with Crippen LogP contribution in [-0.4, -0.2) is 53.3 Å². The third kappa shape index (κ3) is 10.6. The summed E-state index contributed by atoms with van der Waals surface area (Å²) in [5, 5.41) is 2.17. The average molecular weight is 599 g/mol. The highest BCUT2D eigenvalue weighted by Gasteiger charge is 2.33. The van der Waals surface area contributed by atoms with Gasteiger partial charge in [-0.25, -0.2) is 14.7 Å². The average Bonchev–Trinajstić information content (AvgIpc) is 2.88. The van der Waals surface area contributed by atoms with E-state index in [0.717, 1.165) is 6.07 Å². The van der Waals surface area contributed by atoms with Gasteiger partial charge in [-0.3, -0.25) is 0 Å². The van der Waals surface area contributed by atoms with Gasteiger partial charge in [0.25, 0.3) is 0 Å². The van der Waals surface area contributed by atoms with E-state index in [9.17, 15) is 44.3 Å². The summed E-state index contributed by atoms with van der Waals surface area (Å²) in [6.45, 7) is -4.63. The van der Waals surface area contributed by atoms with Crippen molar-refractivity contribution in [2.24, 2.45) is 0 Å². The van der Waals surface area contributed by atoms with Gasteiger partial charge in [-0.2, -0.15) is 49.5 Å². The summed E-state index contributed by atoms with van der Waals surface area (Å²) in [6, 6.07) is 9.15. The van der Waals surface area contributed by atoms with E-state index in [1.165, 1.54) is 0 Å². The maximum atomic E-state index is 13.1. The van der Waals surface area contributed by atoms with Gasteiger partial charge in [-0.1, -0.05) is 30.3 Å². The third-order valence-corrected chi connectivity index (χ3v) is 4.56. The Kier molecular flexibility index (Phi) is 9.79. The first kappa shape index (κ1) is 31.2. The lowest BCUT2D eigenvalue weighted by atomic mass is 10.2. The molecule has 0 saturated heterocycles. The molecular formula is C23H18F9N5O4. The Balaban J connectivity index is 1.92. The van der Waals surface area contributed by atoms with Gasteiger partial charge in [0.1, 0.15) is 12.4 Å². The second-order valence-electron chi connectivity index (χ2n) is 7.90. The Morgan fingerprint density at radius 3 is 1.90 bits per heavy atom. The normalized spacial score (nSPS) is 12.1. The third-order valence-electron chi connectivity index (χ3n) is 4.56. The minimum atomic E-state index is -4.86. The molecule has 0 fully saturated rings. The van der Waals surface area contributed by atoms with E-state index in [-0.39, 0.29) is 12.3 Å². The summed E-state index contributed by atoms with van der Waals surface area (Å²) < 4.78 is 129. The van der Waals surface area contributed by atoms with Gasteiger partial charge in [0.05, 0.1) is 24.6 Å². The van der Waals surface area contributed by atoms with E-state index in [2.05, 4.69) is 29.7 Å². The molecule has 1 aromatic carbocycles. The number of nitrogens with zero attached hydrogens (tertiary/aromatic N) is 4. The molecule has 0 bridgehead atoms. The number of aromatic nitrogens is 3. The number of alkyl halides is 9. The molecule has 3 aromatic rings. The molecule has 2 amide bonds. The van der Waals surface area contributed by atoms with E-state index in [4.69, 9.17) is 4.74 Å². The van der Waals surface area contributed by atoms with Crippen molar-refractivity contribution in [1.82, 2.24) is 15.0 Å². The van der Waals surface area contributed by atoms with Gasteiger partial charge < -0.3 is 19.5 Å². The second-order valence-corrected chi connectivity index (χ2v) is 7.90. The molecule has 0 aliphatic rings. The van der Waals surface area contributed by atoms with Crippen LogP contribution >= 0.6 is 0 Å². The number of anilines is 2. The zero-order valence-electron chi connectivity index (χ0n) is 20.3. The van der Waals surface area contributed by atoms with Crippen molar-refractivity contribution in [3.05, 3.63) is 66.0 Å². The van der Waals surface area contributed by atoms with Crippen molar-refractivity contribution in [2.45, 2.75) is 25.1 Å². The lowest BCUT2D eigenvalue weighted by molar-refractivity contribution is -0.154. The molecule has 0 saturated carbocycles. The maximum Gasteiger partial charge on any atom is 0.433 e. The molecule has 2 aromatic heterocycles. The van der Waals surface area contributed by atoms with Crippen LogP contribution in [0.5, 0.6) is 11.8 Å². The summed E-state index contributed by atoms with van der Waals surface area (Å²) in [6.07, 6.45) is -13.8. The number of benzene rings is 1. The van der Waals surface area contributed by atoms with Crippen LogP contribution in [-0.2, 0) is 17.5 Å². The summed E-state index contributed by atoms with van der Waals surface area (Å²) in [7, 11) is 0. The first-order chi connectivity index (χ1) is 19.1. The molecule has 2 heterocycles. The Bertz CT molecular complexity index is 1250. The minimum Gasteiger partial charge on any atom is -0.468 e. The molecule has 0 unspecified atom stereocenters. The number of halogens is 9. The van der Waals surface area contributed by atoms with E-state index < -0.39 is 67.9 Å². The summed E-state index contributed by atoms with van der Waals surface area (Å²) in [5.74, 6) is -2.62. The Labute approximate surface area is 224 Å². The molecule has 1 N–H and O–H groups in total. The number of hydrogen-bond acceptors (Lipinski definition) is 7. The van der Waals surface area contributed by atoms with E-state index in [1.54, 1.807) is 30.3 Å². The lowest BCUT2D eigenvalue weighted by Gasteiger charge is -2.22. The van der Waals surface area contributed by atoms with Crippen molar-refractivity contribution in [1.29, 1.82) is 0 Å². The van der Waals surface area contributed by atoms with Crippen molar-refractivity contribution >= 4 is 17.7 Å². The number of ether oxygens (including phenoxy) is 3. The van der Waals surface area contributed by atoms with Crippen LogP contribution in [0.15, 0.2) is 54.7 Å². The molecule has 0 spiro atoms. The van der Waals surface area contributed by atoms with E-state index in [1.807, 2.05) is 0 Å². The Morgan fingerprint density at radius 2 is 1.41 bits per heavy atom. The fourth-order valence-corrected chi connectivity index (χ4v) is 2.84. The number of pyridine rings is 1. The monoisotopic (exact) mass is 599 g/mol. The summed E-state index contributed by atoms with van der Waals surface area (Å²) in [4.78, 5) is 24.1. The first-order valence-electron chi connectivity index (χ1n) is 11.1. The predicted molar refractivity (Wildman–Crippen MR) is 122 cm³/mol. The summed E-state index contributed by atoms with van der Waals surface area (Å²) >= 11 is 0. The van der Waals surface area contributed by atoms with Crippen LogP contribution in [0.3, 0.4) is 0 Å². The highest BCUT2D eigenvalue weighted by atomic mass is 19.4. The number of rotatable bonds is 10. The quantitative estimate of drug-likeness (QED) is 0.226. The molecule has 18 heteroatoms. The van der Waals surface area contributed by atoms with E-state index >= 15 is 0 Å². The molecule has 0 aliphatic carbocycles. The molecule has 222 valence electrons. The fourth-order valence-electron chi connectivity index (χ4n) is 2.84. The molecular weight excluding hydrogens is 581 g/mol. The lowest BCUT2D eigenvalue weighted by Crippen LogP contribution is -2.38. The molecule has 9 nitrogen and oxygen atoms in total. The van der Waals surface area contributed by atoms with Crippen LogP contribution in [0.1, 0.15) is 11.3 Å². The predicted octanol–water partition coefficient (Wildman–Crippen LogP) is 5.99. The maximum absolute atomic E-state index is 13.1. The largest absolute Gasteiger partial charge is 0.468 e. The van der Waals surface area contributed by atoms with Gasteiger partial charge >= 0.3 is 24.6 Å². The molecule has 41 heavy (non-hydrogen) atoms. The number of carbonyl (C=O) groups excluding carboxylic acids is 1. The number of nitrogens with one attached hydrogen (secondary N) is 1. The van der Waals surface area contributed by atoms with Crippen LogP contribution in [0.25, 0.3) is 0 Å². The minimum absolute atomic E-state index is 0.117. The number of amides is 2. The highest BCUT2D eigenvalue weighted by molar-refractivity contribution is 6.00. The van der Waals surface area contributed by atoms with E-state index in [0.29, 0.717) is 28.8 Å². The van der Waals surface area contributed by atoms with Gasteiger partial charge in [0, 0.05) is 0 Å². The molecule has 3 rings (SSSR count). The smallest absolute Gasteiger partial charge is 0.433 e. The Morgan fingerprint density at radius 1 is 0.829 bits per heavy atom.